The zero-order valence-electron chi connectivity index (χ0n) is 10.9. The van der Waals surface area contributed by atoms with Crippen LogP contribution < -0.4 is 10.2 Å². The van der Waals surface area contributed by atoms with Crippen LogP contribution in [0.25, 0.3) is 0 Å². The molecular formula is C15H15FN2O2. The fourth-order valence-corrected chi connectivity index (χ4v) is 2.53. The lowest BCUT2D eigenvalue weighted by molar-refractivity contribution is -0.123. The number of fused-ring (bicyclic) bond motifs is 1. The molecule has 0 saturated heterocycles. The second kappa shape index (κ2) is 5.45. The Bertz CT molecular complexity index is 583. The number of ether oxygens (including phenoxy) is 1. The van der Waals surface area contributed by atoms with Gasteiger partial charge in [0.05, 0.1) is 0 Å². The quantitative estimate of drug-likeness (QED) is 0.676. The van der Waals surface area contributed by atoms with E-state index in [9.17, 15) is 9.18 Å². The van der Waals surface area contributed by atoms with Crippen LogP contribution in [0, 0.1) is 17.7 Å². The molecule has 3 rings (SSSR count). The molecule has 1 saturated carbocycles. The number of carbonyl (C=O) groups excluding carboxylic acids is 1. The van der Waals surface area contributed by atoms with Crippen molar-refractivity contribution in [2.24, 2.45) is 16.9 Å². The molecule has 0 unspecified atom stereocenters. The van der Waals surface area contributed by atoms with Crippen molar-refractivity contribution in [3.05, 3.63) is 42.2 Å². The number of benzene rings is 1. The summed E-state index contributed by atoms with van der Waals surface area (Å²) in [6.07, 6.45) is 6.27. The third-order valence-corrected chi connectivity index (χ3v) is 3.68. The fraction of sp³-hybridized carbons (Fsp3) is 0.333. The van der Waals surface area contributed by atoms with Crippen molar-refractivity contribution < 1.29 is 13.9 Å². The summed E-state index contributed by atoms with van der Waals surface area (Å²) in [5.41, 5.74) is 3.49. The molecule has 0 bridgehead atoms. The summed E-state index contributed by atoms with van der Waals surface area (Å²) < 4.78 is 18.4. The third-order valence-electron chi connectivity index (χ3n) is 3.68. The van der Waals surface area contributed by atoms with Gasteiger partial charge in [0.25, 0.3) is 5.91 Å². The van der Waals surface area contributed by atoms with Crippen molar-refractivity contribution in [3.8, 4) is 5.75 Å². The molecular weight excluding hydrogens is 259 g/mol. The molecule has 1 aromatic carbocycles. The minimum Gasteiger partial charge on any atom is -0.481 e. The molecule has 5 heteroatoms. The van der Waals surface area contributed by atoms with Crippen molar-refractivity contribution in [2.45, 2.75) is 12.8 Å². The summed E-state index contributed by atoms with van der Waals surface area (Å²) in [7, 11) is 0. The molecule has 1 fully saturated rings. The number of halogens is 1. The SMILES string of the molecule is O=C(COc1ccccc1F)N/N=C1/C[C@H]2C=CC[C@@H]12. The fourth-order valence-electron chi connectivity index (χ4n) is 2.53. The molecule has 1 amide bonds. The van der Waals surface area contributed by atoms with Crippen LogP contribution in [0.15, 0.2) is 41.5 Å². The highest BCUT2D eigenvalue weighted by atomic mass is 19.1. The number of amides is 1. The first-order valence-electron chi connectivity index (χ1n) is 6.63. The molecule has 20 heavy (non-hydrogen) atoms. The number of para-hydroxylation sites is 1. The summed E-state index contributed by atoms with van der Waals surface area (Å²) in [6.45, 7) is -0.246. The first-order chi connectivity index (χ1) is 9.74. The maximum absolute atomic E-state index is 13.3. The molecule has 0 spiro atoms. The Morgan fingerprint density at radius 1 is 1.45 bits per heavy atom. The van der Waals surface area contributed by atoms with E-state index in [1.807, 2.05) is 0 Å². The number of rotatable bonds is 4. The lowest BCUT2D eigenvalue weighted by atomic mass is 9.74. The minimum atomic E-state index is -0.481. The normalized spacial score (nSPS) is 25.1. The van der Waals surface area contributed by atoms with Crippen molar-refractivity contribution >= 4 is 11.6 Å². The van der Waals surface area contributed by atoms with Crippen LogP contribution in [0.1, 0.15) is 12.8 Å². The van der Waals surface area contributed by atoms with Crippen LogP contribution in [-0.4, -0.2) is 18.2 Å². The van der Waals surface area contributed by atoms with Gasteiger partial charge in [-0.05, 0) is 30.9 Å². The number of carbonyl (C=O) groups is 1. The van der Waals surface area contributed by atoms with Crippen LogP contribution in [0.5, 0.6) is 5.75 Å². The van der Waals surface area contributed by atoms with Gasteiger partial charge < -0.3 is 4.74 Å². The molecule has 0 aliphatic heterocycles. The van der Waals surface area contributed by atoms with Crippen molar-refractivity contribution in [1.82, 2.24) is 5.43 Å². The van der Waals surface area contributed by atoms with Gasteiger partial charge >= 0.3 is 0 Å². The Balaban J connectivity index is 1.46. The number of nitrogens with one attached hydrogen (secondary N) is 1. The lowest BCUT2D eigenvalue weighted by Crippen LogP contribution is -2.36. The first kappa shape index (κ1) is 12.8. The van der Waals surface area contributed by atoms with Gasteiger partial charge in [0, 0.05) is 11.6 Å². The number of hydrogen-bond acceptors (Lipinski definition) is 3. The Morgan fingerprint density at radius 3 is 3.10 bits per heavy atom. The van der Waals surface area contributed by atoms with Gasteiger partial charge in [0.1, 0.15) is 0 Å². The van der Waals surface area contributed by atoms with Gasteiger partial charge in [-0.3, -0.25) is 4.79 Å². The van der Waals surface area contributed by atoms with Crippen molar-refractivity contribution in [1.29, 1.82) is 0 Å². The molecule has 0 radical (unpaired) electrons. The maximum atomic E-state index is 13.3. The Labute approximate surface area is 116 Å². The summed E-state index contributed by atoms with van der Waals surface area (Å²) >= 11 is 0. The van der Waals surface area contributed by atoms with Crippen LogP contribution in [0.4, 0.5) is 4.39 Å². The number of hydrogen-bond donors (Lipinski definition) is 1. The smallest absolute Gasteiger partial charge is 0.277 e. The van der Waals surface area contributed by atoms with Gasteiger partial charge in [-0.15, -0.1) is 0 Å². The van der Waals surface area contributed by atoms with E-state index in [1.54, 1.807) is 12.1 Å². The first-order valence-corrected chi connectivity index (χ1v) is 6.63. The van der Waals surface area contributed by atoms with E-state index < -0.39 is 5.82 Å². The Kier molecular flexibility index (Phi) is 3.50. The molecule has 0 heterocycles. The highest BCUT2D eigenvalue weighted by Crippen LogP contribution is 2.39. The predicted octanol–water partition coefficient (Wildman–Crippen LogP) is 2.27. The van der Waals surface area contributed by atoms with Crippen LogP contribution >= 0.6 is 0 Å². The van der Waals surface area contributed by atoms with E-state index >= 15 is 0 Å². The summed E-state index contributed by atoms with van der Waals surface area (Å²) in [5.74, 6) is 0.266. The molecule has 2 atom stereocenters. The third kappa shape index (κ3) is 2.57. The van der Waals surface area contributed by atoms with Crippen LogP contribution in [-0.2, 0) is 4.79 Å². The second-order valence-corrected chi connectivity index (χ2v) is 5.00. The standard InChI is InChI=1S/C15H15FN2O2/c16-12-6-1-2-7-14(12)20-9-15(19)18-17-13-8-10-4-3-5-11(10)13/h1-4,6-7,10-11H,5,8-9H2,(H,18,19)/b17-13-/t10-,11-/m1/s1. The average Bonchev–Trinajstić information content (AvgIpc) is 2.80. The van der Waals surface area contributed by atoms with Crippen molar-refractivity contribution in [2.75, 3.05) is 6.61 Å². The van der Waals surface area contributed by atoms with Gasteiger partial charge in [-0.1, -0.05) is 24.3 Å². The topological polar surface area (TPSA) is 50.7 Å². The van der Waals surface area contributed by atoms with E-state index in [4.69, 9.17) is 4.74 Å². The van der Waals surface area contributed by atoms with Gasteiger partial charge in [0.15, 0.2) is 18.2 Å². The maximum Gasteiger partial charge on any atom is 0.277 e. The molecule has 104 valence electrons. The highest BCUT2D eigenvalue weighted by molar-refractivity contribution is 5.94. The zero-order chi connectivity index (χ0) is 13.9. The van der Waals surface area contributed by atoms with Gasteiger partial charge in [-0.2, -0.15) is 5.10 Å². The van der Waals surface area contributed by atoms with E-state index in [1.165, 1.54) is 12.1 Å². The predicted molar refractivity (Wildman–Crippen MR) is 72.8 cm³/mol. The van der Waals surface area contributed by atoms with Gasteiger partial charge in [0.2, 0.25) is 0 Å². The Hall–Kier alpha value is -2.17. The van der Waals surface area contributed by atoms with Gasteiger partial charge in [-0.25, -0.2) is 9.82 Å². The zero-order valence-corrected chi connectivity index (χ0v) is 10.9. The van der Waals surface area contributed by atoms with E-state index in [0.29, 0.717) is 11.8 Å². The second-order valence-electron chi connectivity index (χ2n) is 5.00. The molecule has 0 aromatic heterocycles. The molecule has 4 nitrogen and oxygen atoms in total. The summed E-state index contributed by atoms with van der Waals surface area (Å²) in [5, 5.41) is 4.11. The summed E-state index contributed by atoms with van der Waals surface area (Å²) in [4.78, 5) is 11.6. The highest BCUT2D eigenvalue weighted by Gasteiger charge is 2.37. The monoisotopic (exact) mass is 274 g/mol. The summed E-state index contributed by atoms with van der Waals surface area (Å²) in [6, 6.07) is 5.99. The lowest BCUT2D eigenvalue weighted by Gasteiger charge is -2.31. The van der Waals surface area contributed by atoms with E-state index in [-0.39, 0.29) is 18.3 Å². The average molecular weight is 274 g/mol. The Morgan fingerprint density at radius 2 is 2.30 bits per heavy atom. The van der Waals surface area contributed by atoms with Crippen molar-refractivity contribution in [3.63, 3.8) is 0 Å². The molecule has 2 aliphatic carbocycles. The number of hydrazone groups is 1. The van der Waals surface area contributed by atoms with Crippen LogP contribution in [0.2, 0.25) is 0 Å². The van der Waals surface area contributed by atoms with E-state index in [2.05, 4.69) is 22.7 Å². The number of allylic oxidation sites excluding steroid dienone is 2. The minimum absolute atomic E-state index is 0.0685. The van der Waals surface area contributed by atoms with Crippen LogP contribution in [0.3, 0.4) is 0 Å². The molecule has 1 N–H and O–H groups in total. The van der Waals surface area contributed by atoms with E-state index in [0.717, 1.165) is 18.6 Å². The largest absolute Gasteiger partial charge is 0.481 e. The number of nitrogens with zero attached hydrogens (tertiary/aromatic N) is 1. The molecule has 1 aromatic rings. The molecule has 2 aliphatic rings.